The van der Waals surface area contributed by atoms with Crippen LogP contribution in [0.25, 0.3) is 0 Å². The van der Waals surface area contributed by atoms with Crippen molar-refractivity contribution in [2.24, 2.45) is 5.92 Å². The number of ether oxygens (including phenoxy) is 1. The molecule has 1 aromatic carbocycles. The monoisotopic (exact) mass is 480 g/mol. The number of hydrogen-bond acceptors (Lipinski definition) is 6. The molecule has 2 heterocycles. The van der Waals surface area contributed by atoms with Crippen LogP contribution in [0.2, 0.25) is 5.02 Å². The molecule has 1 atom stereocenters. The van der Waals surface area contributed by atoms with Gasteiger partial charge in [0.05, 0.1) is 23.1 Å². The normalized spacial score (nSPS) is 15.9. The molecule has 1 aliphatic rings. The van der Waals surface area contributed by atoms with E-state index in [1.165, 1.54) is 34.8 Å². The third kappa shape index (κ3) is 5.83. The molecule has 1 unspecified atom stereocenters. The van der Waals surface area contributed by atoms with E-state index in [2.05, 4.69) is 15.6 Å². The fraction of sp³-hybridized carbons (Fsp3) is 0.381. The molecule has 2 amide bonds. The van der Waals surface area contributed by atoms with Gasteiger partial charge in [0, 0.05) is 24.8 Å². The number of benzene rings is 1. The second kappa shape index (κ2) is 10.4. The van der Waals surface area contributed by atoms with E-state index in [1.807, 2.05) is 0 Å². The van der Waals surface area contributed by atoms with E-state index < -0.39 is 27.9 Å². The number of anilines is 1. The summed E-state index contributed by atoms with van der Waals surface area (Å²) in [5, 5.41) is 5.77. The lowest BCUT2D eigenvalue weighted by atomic mass is 10.0. The van der Waals surface area contributed by atoms with Crippen molar-refractivity contribution in [3.05, 3.63) is 53.2 Å². The Morgan fingerprint density at radius 2 is 1.88 bits per heavy atom. The molecular formula is C21H25ClN4O5S. The third-order valence-electron chi connectivity index (χ3n) is 4.92. The topological polar surface area (TPSA) is 118 Å². The largest absolute Gasteiger partial charge is 0.379 e. The molecule has 2 N–H and O–H groups in total. The lowest BCUT2D eigenvalue weighted by Crippen LogP contribution is -2.47. The van der Waals surface area contributed by atoms with Crippen LogP contribution in [0.5, 0.6) is 0 Å². The van der Waals surface area contributed by atoms with Crippen molar-refractivity contribution in [3.63, 3.8) is 0 Å². The summed E-state index contributed by atoms with van der Waals surface area (Å²) in [5.41, 5.74) is 0.141. The van der Waals surface area contributed by atoms with Crippen LogP contribution in [0.3, 0.4) is 0 Å². The van der Waals surface area contributed by atoms with Crippen molar-refractivity contribution in [1.29, 1.82) is 0 Å². The standard InChI is InChI=1S/C21H25ClN4O5S/c1-14(2)19(21(28)24-18-7-6-16(22)13-23-18)25-20(27)15-4-3-5-17(12-15)32(29,30)26-8-10-31-11-9-26/h3-7,12-14,19H,8-11H2,1-2H3,(H,25,27)(H,23,24,28). The van der Waals surface area contributed by atoms with Crippen LogP contribution in [0.1, 0.15) is 24.2 Å². The summed E-state index contributed by atoms with van der Waals surface area (Å²) in [6, 6.07) is 8.05. The number of nitrogens with zero attached hydrogens (tertiary/aromatic N) is 2. The molecule has 0 spiro atoms. The van der Waals surface area contributed by atoms with E-state index in [4.69, 9.17) is 16.3 Å². The molecule has 1 aliphatic heterocycles. The summed E-state index contributed by atoms with van der Waals surface area (Å²) < 4.78 is 32.3. The number of amides is 2. The first-order valence-corrected chi connectivity index (χ1v) is 11.9. The minimum Gasteiger partial charge on any atom is -0.379 e. The number of nitrogens with one attached hydrogen (secondary N) is 2. The Labute approximate surface area is 192 Å². The van der Waals surface area contributed by atoms with Gasteiger partial charge in [-0.15, -0.1) is 0 Å². The third-order valence-corrected chi connectivity index (χ3v) is 7.04. The molecule has 0 aliphatic carbocycles. The van der Waals surface area contributed by atoms with Crippen molar-refractivity contribution >= 4 is 39.3 Å². The first-order chi connectivity index (χ1) is 15.2. The zero-order valence-corrected chi connectivity index (χ0v) is 19.3. The van der Waals surface area contributed by atoms with Crippen molar-refractivity contribution in [2.75, 3.05) is 31.6 Å². The zero-order chi connectivity index (χ0) is 23.3. The minimum atomic E-state index is -3.75. The number of aromatic nitrogens is 1. The summed E-state index contributed by atoms with van der Waals surface area (Å²) in [5.74, 6) is -0.924. The molecule has 1 saturated heterocycles. The van der Waals surface area contributed by atoms with Gasteiger partial charge in [0.1, 0.15) is 11.9 Å². The van der Waals surface area contributed by atoms with Gasteiger partial charge in [0.2, 0.25) is 15.9 Å². The highest BCUT2D eigenvalue weighted by Gasteiger charge is 2.28. The molecule has 0 radical (unpaired) electrons. The Kier molecular flexibility index (Phi) is 7.83. The number of rotatable bonds is 7. The Hall–Kier alpha value is -2.53. The number of sulfonamides is 1. The maximum absolute atomic E-state index is 12.9. The lowest BCUT2D eigenvalue weighted by Gasteiger charge is -2.26. The van der Waals surface area contributed by atoms with Gasteiger partial charge in [-0.25, -0.2) is 13.4 Å². The second-order valence-corrected chi connectivity index (χ2v) is 9.96. The molecule has 32 heavy (non-hydrogen) atoms. The molecule has 0 saturated carbocycles. The Balaban J connectivity index is 1.74. The SMILES string of the molecule is CC(C)C(NC(=O)c1cccc(S(=O)(=O)N2CCOCC2)c1)C(=O)Nc1ccc(Cl)cn1. The van der Waals surface area contributed by atoms with Crippen LogP contribution >= 0.6 is 11.6 Å². The second-order valence-electron chi connectivity index (χ2n) is 7.59. The Morgan fingerprint density at radius 1 is 1.16 bits per heavy atom. The van der Waals surface area contributed by atoms with Crippen LogP contribution in [0.15, 0.2) is 47.5 Å². The number of pyridine rings is 1. The summed E-state index contributed by atoms with van der Waals surface area (Å²) in [6.07, 6.45) is 1.40. The smallest absolute Gasteiger partial charge is 0.251 e. The van der Waals surface area contributed by atoms with Gasteiger partial charge >= 0.3 is 0 Å². The molecule has 2 aromatic rings. The average Bonchev–Trinajstić information content (AvgIpc) is 2.79. The molecular weight excluding hydrogens is 456 g/mol. The van der Waals surface area contributed by atoms with E-state index in [0.717, 1.165) is 0 Å². The number of hydrogen-bond donors (Lipinski definition) is 2. The number of morpholine rings is 1. The quantitative estimate of drug-likeness (QED) is 0.627. The summed E-state index contributed by atoms with van der Waals surface area (Å²) in [6.45, 7) is 4.75. The molecule has 1 aromatic heterocycles. The van der Waals surface area contributed by atoms with Gasteiger partial charge in [-0.3, -0.25) is 9.59 Å². The first-order valence-electron chi connectivity index (χ1n) is 10.1. The summed E-state index contributed by atoms with van der Waals surface area (Å²) in [4.78, 5) is 29.6. The fourth-order valence-electron chi connectivity index (χ4n) is 3.15. The van der Waals surface area contributed by atoms with E-state index in [0.29, 0.717) is 24.1 Å². The molecule has 172 valence electrons. The number of carbonyl (C=O) groups excluding carboxylic acids is 2. The highest BCUT2D eigenvalue weighted by Crippen LogP contribution is 2.19. The van der Waals surface area contributed by atoms with Crippen LogP contribution in [0.4, 0.5) is 5.82 Å². The highest BCUT2D eigenvalue weighted by atomic mass is 35.5. The predicted octanol–water partition coefficient (Wildman–Crippen LogP) is 2.15. The van der Waals surface area contributed by atoms with Gasteiger partial charge in [-0.1, -0.05) is 31.5 Å². The number of carbonyl (C=O) groups is 2. The number of halogens is 1. The average molecular weight is 481 g/mol. The van der Waals surface area contributed by atoms with E-state index in [1.54, 1.807) is 26.0 Å². The van der Waals surface area contributed by atoms with Gasteiger partial charge in [0.25, 0.3) is 5.91 Å². The van der Waals surface area contributed by atoms with Crippen LogP contribution < -0.4 is 10.6 Å². The van der Waals surface area contributed by atoms with Crippen molar-refractivity contribution in [3.8, 4) is 0 Å². The fourth-order valence-corrected chi connectivity index (χ4v) is 4.71. The molecule has 9 nitrogen and oxygen atoms in total. The maximum atomic E-state index is 12.9. The highest BCUT2D eigenvalue weighted by molar-refractivity contribution is 7.89. The zero-order valence-electron chi connectivity index (χ0n) is 17.7. The van der Waals surface area contributed by atoms with Gasteiger partial charge < -0.3 is 15.4 Å². The van der Waals surface area contributed by atoms with Crippen LogP contribution in [0, 0.1) is 5.92 Å². The van der Waals surface area contributed by atoms with Gasteiger partial charge in [-0.2, -0.15) is 4.31 Å². The summed E-state index contributed by atoms with van der Waals surface area (Å²) in [7, 11) is -3.75. The van der Waals surface area contributed by atoms with Crippen molar-refractivity contribution in [1.82, 2.24) is 14.6 Å². The molecule has 3 rings (SSSR count). The van der Waals surface area contributed by atoms with Crippen molar-refractivity contribution in [2.45, 2.75) is 24.8 Å². The molecule has 0 bridgehead atoms. The van der Waals surface area contributed by atoms with E-state index >= 15 is 0 Å². The van der Waals surface area contributed by atoms with Crippen molar-refractivity contribution < 1.29 is 22.7 Å². The summed E-state index contributed by atoms with van der Waals surface area (Å²) >= 11 is 5.81. The first kappa shape index (κ1) is 24.1. The predicted molar refractivity (Wildman–Crippen MR) is 120 cm³/mol. The van der Waals surface area contributed by atoms with Crippen LogP contribution in [-0.4, -0.2) is 61.9 Å². The van der Waals surface area contributed by atoms with E-state index in [9.17, 15) is 18.0 Å². The maximum Gasteiger partial charge on any atom is 0.251 e. The van der Waals surface area contributed by atoms with Crippen LogP contribution in [-0.2, 0) is 19.6 Å². The Morgan fingerprint density at radius 3 is 2.50 bits per heavy atom. The molecule has 11 heteroatoms. The van der Waals surface area contributed by atoms with Gasteiger partial charge in [-0.05, 0) is 36.2 Å². The van der Waals surface area contributed by atoms with E-state index in [-0.39, 0.29) is 29.5 Å². The lowest BCUT2D eigenvalue weighted by molar-refractivity contribution is -0.118. The Bertz CT molecular complexity index is 1070. The van der Waals surface area contributed by atoms with Gasteiger partial charge in [0.15, 0.2) is 0 Å². The molecule has 1 fully saturated rings. The minimum absolute atomic E-state index is 0.0166.